The number of rotatable bonds is 5. The maximum atomic E-state index is 13.4. The standard InChI is InChI=1S/C23H25FN4O/c1-23(15-25)11-12-27(16-23)21(29)13-18-14-28(20-5-3-2-4-6-20)26-22(18)17-7-9-19(24)10-8-17/h2-10,14H,11-13,15-16,25H2,1H3. The molecule has 3 aromatic rings. The Hall–Kier alpha value is -2.99. The third-order valence-electron chi connectivity index (χ3n) is 5.67. The van der Waals surface area contributed by atoms with Crippen LogP contribution in [0.5, 0.6) is 0 Å². The molecule has 1 aliphatic heterocycles. The highest BCUT2D eigenvalue weighted by molar-refractivity contribution is 5.81. The first kappa shape index (κ1) is 19.3. The van der Waals surface area contributed by atoms with Crippen LogP contribution in [0.2, 0.25) is 0 Å². The highest BCUT2D eigenvalue weighted by atomic mass is 19.1. The molecular formula is C23H25FN4O. The average molecular weight is 392 g/mol. The van der Waals surface area contributed by atoms with Gasteiger partial charge < -0.3 is 10.6 Å². The Labute approximate surface area is 169 Å². The lowest BCUT2D eigenvalue weighted by molar-refractivity contribution is -0.129. The monoisotopic (exact) mass is 392 g/mol. The smallest absolute Gasteiger partial charge is 0.227 e. The molecule has 29 heavy (non-hydrogen) atoms. The number of carbonyl (C=O) groups excluding carboxylic acids is 1. The summed E-state index contributed by atoms with van der Waals surface area (Å²) in [5, 5.41) is 4.71. The predicted molar refractivity (Wildman–Crippen MR) is 111 cm³/mol. The molecule has 1 aliphatic rings. The molecule has 0 spiro atoms. The fourth-order valence-electron chi connectivity index (χ4n) is 3.78. The Morgan fingerprint density at radius 1 is 1.17 bits per heavy atom. The number of hydrogen-bond donors (Lipinski definition) is 1. The van der Waals surface area contributed by atoms with Gasteiger partial charge >= 0.3 is 0 Å². The van der Waals surface area contributed by atoms with Gasteiger partial charge in [-0.1, -0.05) is 25.1 Å². The molecule has 0 radical (unpaired) electrons. The van der Waals surface area contributed by atoms with Crippen molar-refractivity contribution in [3.8, 4) is 16.9 Å². The molecule has 0 aliphatic carbocycles. The van der Waals surface area contributed by atoms with Crippen LogP contribution in [0, 0.1) is 11.2 Å². The van der Waals surface area contributed by atoms with E-state index in [1.165, 1.54) is 12.1 Å². The topological polar surface area (TPSA) is 64.2 Å². The summed E-state index contributed by atoms with van der Waals surface area (Å²) < 4.78 is 15.2. The third-order valence-corrected chi connectivity index (χ3v) is 5.67. The second-order valence-electron chi connectivity index (χ2n) is 8.05. The van der Waals surface area contributed by atoms with Gasteiger partial charge in [0.25, 0.3) is 0 Å². The van der Waals surface area contributed by atoms with Crippen molar-refractivity contribution >= 4 is 5.91 Å². The van der Waals surface area contributed by atoms with E-state index >= 15 is 0 Å². The molecule has 1 fully saturated rings. The van der Waals surface area contributed by atoms with Gasteiger partial charge in [-0.05, 0) is 54.8 Å². The normalized spacial score (nSPS) is 18.9. The molecule has 0 bridgehead atoms. The minimum absolute atomic E-state index is 0.0103. The summed E-state index contributed by atoms with van der Waals surface area (Å²) in [4.78, 5) is 14.9. The summed E-state index contributed by atoms with van der Waals surface area (Å²) in [7, 11) is 0. The Balaban J connectivity index is 1.65. The number of nitrogens with two attached hydrogens (primary N) is 1. The lowest BCUT2D eigenvalue weighted by atomic mass is 9.90. The summed E-state index contributed by atoms with van der Waals surface area (Å²) in [6, 6.07) is 16.0. The van der Waals surface area contributed by atoms with Gasteiger partial charge in [0.15, 0.2) is 0 Å². The van der Waals surface area contributed by atoms with Crippen LogP contribution in [0.4, 0.5) is 4.39 Å². The maximum absolute atomic E-state index is 13.4. The molecule has 1 amide bonds. The lowest BCUT2D eigenvalue weighted by Crippen LogP contribution is -2.35. The van der Waals surface area contributed by atoms with Gasteiger partial charge in [0.05, 0.1) is 17.8 Å². The van der Waals surface area contributed by atoms with Crippen molar-refractivity contribution in [2.24, 2.45) is 11.1 Å². The van der Waals surface area contributed by atoms with Crippen LogP contribution in [0.25, 0.3) is 16.9 Å². The van der Waals surface area contributed by atoms with E-state index in [1.807, 2.05) is 41.4 Å². The van der Waals surface area contributed by atoms with Crippen LogP contribution in [0.1, 0.15) is 18.9 Å². The maximum Gasteiger partial charge on any atom is 0.227 e. The minimum atomic E-state index is -0.299. The number of amides is 1. The van der Waals surface area contributed by atoms with E-state index in [0.717, 1.165) is 29.8 Å². The van der Waals surface area contributed by atoms with Gasteiger partial charge in [-0.25, -0.2) is 9.07 Å². The molecule has 150 valence electrons. The highest BCUT2D eigenvalue weighted by Gasteiger charge is 2.35. The zero-order valence-corrected chi connectivity index (χ0v) is 16.5. The van der Waals surface area contributed by atoms with Crippen LogP contribution in [-0.2, 0) is 11.2 Å². The van der Waals surface area contributed by atoms with Gasteiger partial charge in [-0.15, -0.1) is 0 Å². The second kappa shape index (κ2) is 7.79. The van der Waals surface area contributed by atoms with Crippen molar-refractivity contribution in [1.82, 2.24) is 14.7 Å². The van der Waals surface area contributed by atoms with Crippen molar-refractivity contribution in [3.63, 3.8) is 0 Å². The summed E-state index contributed by atoms with van der Waals surface area (Å²) in [6.45, 7) is 4.10. The van der Waals surface area contributed by atoms with Gasteiger partial charge in [-0.3, -0.25) is 4.79 Å². The van der Waals surface area contributed by atoms with Gasteiger partial charge in [0, 0.05) is 30.4 Å². The van der Waals surface area contributed by atoms with E-state index < -0.39 is 0 Å². The Bertz CT molecular complexity index is 999. The molecule has 2 heterocycles. The number of benzene rings is 2. The first-order valence-electron chi connectivity index (χ1n) is 9.85. The zero-order valence-electron chi connectivity index (χ0n) is 16.5. The van der Waals surface area contributed by atoms with Gasteiger partial charge in [0.1, 0.15) is 5.82 Å². The van der Waals surface area contributed by atoms with E-state index in [-0.39, 0.29) is 23.6 Å². The molecule has 0 saturated carbocycles. The molecule has 2 aromatic carbocycles. The van der Waals surface area contributed by atoms with Crippen molar-refractivity contribution < 1.29 is 9.18 Å². The van der Waals surface area contributed by atoms with E-state index in [2.05, 4.69) is 6.92 Å². The number of nitrogens with zero attached hydrogens (tertiary/aromatic N) is 3. The molecule has 4 rings (SSSR count). The molecule has 1 saturated heterocycles. The average Bonchev–Trinajstić information content (AvgIpc) is 3.34. The zero-order chi connectivity index (χ0) is 20.4. The van der Waals surface area contributed by atoms with E-state index in [1.54, 1.807) is 16.8 Å². The minimum Gasteiger partial charge on any atom is -0.342 e. The molecule has 2 N–H and O–H groups in total. The number of carbonyl (C=O) groups is 1. The van der Waals surface area contributed by atoms with Crippen molar-refractivity contribution in [3.05, 3.63) is 72.2 Å². The van der Waals surface area contributed by atoms with Crippen LogP contribution in [-0.4, -0.2) is 40.2 Å². The number of para-hydroxylation sites is 1. The Morgan fingerprint density at radius 2 is 1.90 bits per heavy atom. The molecule has 1 atom stereocenters. The van der Waals surface area contributed by atoms with Crippen molar-refractivity contribution in [2.45, 2.75) is 19.8 Å². The highest BCUT2D eigenvalue weighted by Crippen LogP contribution is 2.30. The first-order valence-corrected chi connectivity index (χ1v) is 9.85. The fraction of sp³-hybridized carbons (Fsp3) is 0.304. The second-order valence-corrected chi connectivity index (χ2v) is 8.05. The predicted octanol–water partition coefficient (Wildman–Crippen LogP) is 3.42. The molecule has 5 nitrogen and oxygen atoms in total. The molecule has 1 unspecified atom stereocenters. The van der Waals surface area contributed by atoms with Crippen molar-refractivity contribution in [1.29, 1.82) is 0 Å². The summed E-state index contributed by atoms with van der Waals surface area (Å²) >= 11 is 0. The summed E-state index contributed by atoms with van der Waals surface area (Å²) in [6.07, 6.45) is 3.06. The number of hydrogen-bond acceptors (Lipinski definition) is 3. The number of aromatic nitrogens is 2. The Kier molecular flexibility index (Phi) is 5.20. The van der Waals surface area contributed by atoms with E-state index in [0.29, 0.717) is 18.8 Å². The van der Waals surface area contributed by atoms with Crippen molar-refractivity contribution in [2.75, 3.05) is 19.6 Å². The summed E-state index contributed by atoms with van der Waals surface area (Å²) in [5.41, 5.74) is 9.09. The molecular weight excluding hydrogens is 367 g/mol. The van der Waals surface area contributed by atoms with Gasteiger partial charge in [-0.2, -0.15) is 5.10 Å². The fourth-order valence-corrected chi connectivity index (χ4v) is 3.78. The number of halogens is 1. The summed E-state index contributed by atoms with van der Waals surface area (Å²) in [5.74, 6) is -0.231. The third kappa shape index (κ3) is 4.07. The SMILES string of the molecule is CC1(CN)CCN(C(=O)Cc2cn(-c3ccccc3)nc2-c2ccc(F)cc2)C1. The van der Waals surface area contributed by atoms with Crippen LogP contribution in [0.15, 0.2) is 60.8 Å². The Morgan fingerprint density at radius 3 is 2.55 bits per heavy atom. The van der Waals surface area contributed by atoms with E-state index in [9.17, 15) is 9.18 Å². The van der Waals surface area contributed by atoms with Crippen LogP contribution < -0.4 is 5.73 Å². The lowest BCUT2D eigenvalue weighted by Gasteiger charge is -2.22. The number of likely N-dealkylation sites (tertiary alicyclic amines) is 1. The van der Waals surface area contributed by atoms with Gasteiger partial charge in [0.2, 0.25) is 5.91 Å². The quantitative estimate of drug-likeness (QED) is 0.724. The van der Waals surface area contributed by atoms with E-state index in [4.69, 9.17) is 10.8 Å². The molecule has 1 aromatic heterocycles. The van der Waals surface area contributed by atoms with Crippen LogP contribution in [0.3, 0.4) is 0 Å². The first-order chi connectivity index (χ1) is 14.0. The largest absolute Gasteiger partial charge is 0.342 e. The molecule has 6 heteroatoms. The van der Waals surface area contributed by atoms with Crippen LogP contribution >= 0.6 is 0 Å².